The Morgan fingerprint density at radius 3 is 2.79 bits per heavy atom. The molecule has 172 valence electrons. The summed E-state index contributed by atoms with van der Waals surface area (Å²) >= 11 is 1.61. The van der Waals surface area contributed by atoms with Crippen LogP contribution in [0, 0.1) is 6.92 Å². The molecule has 2 N–H and O–H groups in total. The average molecular weight is 465 g/mol. The minimum Gasteiger partial charge on any atom is -0.442 e. The summed E-state index contributed by atoms with van der Waals surface area (Å²) < 4.78 is 7.55. The SMILES string of the molecule is C=C(O/C(=N\C)[C@H](C)N)c1cc(C(=O)N2CCC[C@@H]2c2nc(C)cs2)cc(-n2cccn2)c1. The molecule has 1 saturated heterocycles. The highest BCUT2D eigenvalue weighted by Gasteiger charge is 2.33. The predicted molar refractivity (Wildman–Crippen MR) is 131 cm³/mol. The minimum atomic E-state index is -0.380. The summed E-state index contributed by atoms with van der Waals surface area (Å²) in [6.45, 7) is 8.52. The maximum atomic E-state index is 13.7. The van der Waals surface area contributed by atoms with Crippen LogP contribution in [0.15, 0.2) is 53.6 Å². The fraction of sp³-hybridized carbons (Fsp3) is 0.333. The lowest BCUT2D eigenvalue weighted by atomic mass is 10.1. The molecular formula is C24H28N6O2S. The van der Waals surface area contributed by atoms with Crippen molar-refractivity contribution in [1.29, 1.82) is 0 Å². The van der Waals surface area contributed by atoms with Gasteiger partial charge >= 0.3 is 0 Å². The molecule has 9 heteroatoms. The minimum absolute atomic E-state index is 0.00984. The second kappa shape index (κ2) is 9.68. The lowest BCUT2D eigenvalue weighted by Gasteiger charge is -2.24. The van der Waals surface area contributed by atoms with Gasteiger partial charge in [-0.1, -0.05) is 6.58 Å². The van der Waals surface area contributed by atoms with Crippen molar-refractivity contribution in [3.8, 4) is 5.69 Å². The van der Waals surface area contributed by atoms with E-state index < -0.39 is 0 Å². The number of aromatic nitrogens is 3. The number of carbonyl (C=O) groups excluding carboxylic acids is 1. The monoisotopic (exact) mass is 464 g/mol. The Morgan fingerprint density at radius 2 is 2.15 bits per heavy atom. The number of benzene rings is 1. The van der Waals surface area contributed by atoms with Gasteiger partial charge in [-0.05, 0) is 51.0 Å². The maximum Gasteiger partial charge on any atom is 0.254 e. The fourth-order valence-electron chi connectivity index (χ4n) is 3.93. The number of hydrogen-bond acceptors (Lipinski definition) is 7. The number of aliphatic imine (C=N–C) groups is 1. The van der Waals surface area contributed by atoms with E-state index in [2.05, 4.69) is 21.7 Å². The Labute approximate surface area is 197 Å². The van der Waals surface area contributed by atoms with Crippen LogP contribution in [0.1, 0.15) is 52.4 Å². The predicted octanol–water partition coefficient (Wildman–Crippen LogP) is 3.98. The van der Waals surface area contributed by atoms with Crippen molar-refractivity contribution in [2.45, 2.75) is 38.8 Å². The Bertz CT molecular complexity index is 1180. The van der Waals surface area contributed by atoms with Crippen molar-refractivity contribution in [1.82, 2.24) is 19.7 Å². The summed E-state index contributed by atoms with van der Waals surface area (Å²) in [6.07, 6.45) is 5.37. The van der Waals surface area contributed by atoms with Crippen LogP contribution >= 0.6 is 11.3 Å². The third kappa shape index (κ3) is 4.89. The van der Waals surface area contributed by atoms with Crippen LogP contribution in [-0.2, 0) is 4.74 Å². The van der Waals surface area contributed by atoms with Crippen molar-refractivity contribution in [2.75, 3.05) is 13.6 Å². The summed E-state index contributed by atoms with van der Waals surface area (Å²) in [6, 6.07) is 6.97. The summed E-state index contributed by atoms with van der Waals surface area (Å²) in [5, 5.41) is 7.33. The zero-order valence-electron chi connectivity index (χ0n) is 19.1. The molecule has 0 bridgehead atoms. The Kier molecular flexibility index (Phi) is 6.71. The summed E-state index contributed by atoms with van der Waals surface area (Å²) in [7, 11) is 1.62. The van der Waals surface area contributed by atoms with E-state index in [0.717, 1.165) is 29.2 Å². The van der Waals surface area contributed by atoms with Gasteiger partial charge < -0.3 is 15.4 Å². The van der Waals surface area contributed by atoms with Crippen LogP contribution in [0.4, 0.5) is 0 Å². The molecule has 1 aliphatic heterocycles. The van der Waals surface area contributed by atoms with E-state index in [4.69, 9.17) is 10.5 Å². The maximum absolute atomic E-state index is 13.7. The standard InChI is InChI=1S/C24H28N6O2S/c1-15-14-33-23(28-15)21-7-5-9-29(21)24(31)19-11-18(17(3)32-22(26-4)16(2)25)12-20(13-19)30-10-6-8-27-30/h6,8,10-14,16,21H,3,5,7,9,25H2,1-2,4H3/b26-22-/t16-,21+/m0/s1. The van der Waals surface area contributed by atoms with Gasteiger partial charge in [-0.15, -0.1) is 11.3 Å². The van der Waals surface area contributed by atoms with E-state index in [9.17, 15) is 4.79 Å². The number of carbonyl (C=O) groups is 1. The highest BCUT2D eigenvalue weighted by atomic mass is 32.1. The van der Waals surface area contributed by atoms with E-state index in [1.54, 1.807) is 42.3 Å². The van der Waals surface area contributed by atoms with Crippen LogP contribution in [0.3, 0.4) is 0 Å². The molecule has 0 saturated carbocycles. The Hall–Kier alpha value is -3.30. The average Bonchev–Trinajstić information content (AvgIpc) is 3.57. The molecule has 1 amide bonds. The molecule has 4 rings (SSSR count). The molecule has 33 heavy (non-hydrogen) atoms. The number of nitrogens with two attached hydrogens (primary N) is 1. The van der Waals surface area contributed by atoms with Crippen molar-refractivity contribution in [3.63, 3.8) is 0 Å². The second-order valence-corrected chi connectivity index (χ2v) is 8.97. The molecule has 0 unspecified atom stereocenters. The number of rotatable bonds is 6. The first kappa shape index (κ1) is 22.9. The summed E-state index contributed by atoms with van der Waals surface area (Å²) in [5.41, 5.74) is 8.86. The van der Waals surface area contributed by atoms with Crippen molar-refractivity contribution < 1.29 is 9.53 Å². The fourth-order valence-corrected chi connectivity index (χ4v) is 4.88. The van der Waals surface area contributed by atoms with Crippen LogP contribution in [0.2, 0.25) is 0 Å². The third-order valence-corrected chi connectivity index (χ3v) is 6.59. The number of amides is 1. The number of aryl methyl sites for hydroxylation is 1. The third-order valence-electron chi connectivity index (χ3n) is 5.53. The highest BCUT2D eigenvalue weighted by molar-refractivity contribution is 7.09. The van der Waals surface area contributed by atoms with Gasteiger partial charge in [0.15, 0.2) is 0 Å². The van der Waals surface area contributed by atoms with Gasteiger partial charge in [0.2, 0.25) is 5.90 Å². The van der Waals surface area contributed by atoms with Gasteiger partial charge in [-0.25, -0.2) is 9.67 Å². The van der Waals surface area contributed by atoms with Crippen molar-refractivity contribution in [3.05, 3.63) is 70.4 Å². The number of hydrogen-bond donors (Lipinski definition) is 1. The number of likely N-dealkylation sites (tertiary alicyclic amines) is 1. The van der Waals surface area contributed by atoms with E-state index in [-0.39, 0.29) is 18.0 Å². The summed E-state index contributed by atoms with van der Waals surface area (Å²) in [4.78, 5) is 24.3. The smallest absolute Gasteiger partial charge is 0.254 e. The molecule has 1 aromatic carbocycles. The molecule has 3 aromatic rings. The number of ether oxygens (including phenoxy) is 1. The van der Waals surface area contributed by atoms with Gasteiger partial charge in [0.25, 0.3) is 5.91 Å². The van der Waals surface area contributed by atoms with E-state index >= 15 is 0 Å². The zero-order chi connectivity index (χ0) is 23.5. The quantitative estimate of drug-likeness (QED) is 0.338. The van der Waals surface area contributed by atoms with Crippen LogP contribution in [0.25, 0.3) is 11.4 Å². The molecule has 2 atom stereocenters. The molecule has 1 aliphatic rings. The lowest BCUT2D eigenvalue weighted by Crippen LogP contribution is -2.31. The topological polar surface area (TPSA) is 98.6 Å². The van der Waals surface area contributed by atoms with Crippen molar-refractivity contribution in [2.24, 2.45) is 10.7 Å². The molecule has 0 radical (unpaired) electrons. The summed E-state index contributed by atoms with van der Waals surface area (Å²) in [5.74, 6) is 0.686. The van der Waals surface area contributed by atoms with Crippen LogP contribution < -0.4 is 5.73 Å². The Morgan fingerprint density at radius 1 is 1.36 bits per heavy atom. The molecule has 3 heterocycles. The molecule has 1 fully saturated rings. The van der Waals surface area contributed by atoms with E-state index in [0.29, 0.717) is 29.3 Å². The van der Waals surface area contributed by atoms with E-state index in [1.807, 2.05) is 41.6 Å². The normalized spacial score (nSPS) is 17.3. The van der Waals surface area contributed by atoms with Gasteiger partial charge in [-0.3, -0.25) is 9.79 Å². The molecule has 0 aliphatic carbocycles. The second-order valence-electron chi connectivity index (χ2n) is 8.08. The molecule has 8 nitrogen and oxygen atoms in total. The first-order valence-electron chi connectivity index (χ1n) is 10.8. The van der Waals surface area contributed by atoms with Gasteiger partial charge in [0, 0.05) is 48.2 Å². The first-order valence-corrected chi connectivity index (χ1v) is 11.7. The van der Waals surface area contributed by atoms with E-state index in [1.165, 1.54) is 0 Å². The molecule has 2 aromatic heterocycles. The molecular weight excluding hydrogens is 436 g/mol. The van der Waals surface area contributed by atoms with Crippen LogP contribution in [-0.4, -0.2) is 51.1 Å². The Balaban J connectivity index is 1.70. The molecule has 0 spiro atoms. The number of thiazole rings is 1. The zero-order valence-corrected chi connectivity index (χ0v) is 19.9. The number of nitrogens with zero attached hydrogens (tertiary/aromatic N) is 5. The first-order chi connectivity index (χ1) is 15.9. The highest BCUT2D eigenvalue weighted by Crippen LogP contribution is 2.35. The van der Waals surface area contributed by atoms with Crippen LogP contribution in [0.5, 0.6) is 0 Å². The van der Waals surface area contributed by atoms with Crippen molar-refractivity contribution >= 4 is 28.9 Å². The lowest BCUT2D eigenvalue weighted by molar-refractivity contribution is 0.0735. The van der Waals surface area contributed by atoms with Gasteiger partial charge in [-0.2, -0.15) is 5.10 Å². The largest absolute Gasteiger partial charge is 0.442 e. The van der Waals surface area contributed by atoms with Gasteiger partial charge in [0.1, 0.15) is 10.8 Å². The van der Waals surface area contributed by atoms with Gasteiger partial charge in [0.05, 0.1) is 17.8 Å².